The summed E-state index contributed by atoms with van der Waals surface area (Å²) < 4.78 is 12.5. The second kappa shape index (κ2) is 9.24. The van der Waals surface area contributed by atoms with Crippen LogP contribution in [0.1, 0.15) is 11.1 Å². The molecular weight excluding hydrogens is 410 g/mol. The Hall–Kier alpha value is -2.64. The third-order valence-corrected chi connectivity index (χ3v) is 5.78. The standard InChI is InChI=1S/C21H22ClN3O3S/c1-13-6-5-7-17(14(13)2)25-9-8-23-21(25)29-12-20(26)24-16-11-18(27-3)15(22)10-19(16)28-4/h5-11H,12H2,1-4H3,(H,24,26). The zero-order chi connectivity index (χ0) is 21.0. The van der Waals surface area contributed by atoms with Gasteiger partial charge >= 0.3 is 0 Å². The second-order valence-electron chi connectivity index (χ2n) is 6.32. The number of hydrogen-bond donors (Lipinski definition) is 1. The molecular formula is C21H22ClN3O3S. The van der Waals surface area contributed by atoms with Gasteiger partial charge in [-0.1, -0.05) is 35.5 Å². The van der Waals surface area contributed by atoms with E-state index >= 15 is 0 Å². The van der Waals surface area contributed by atoms with Gasteiger partial charge in [0.1, 0.15) is 11.5 Å². The van der Waals surface area contributed by atoms with Crippen LogP contribution >= 0.6 is 23.4 Å². The van der Waals surface area contributed by atoms with Gasteiger partial charge < -0.3 is 14.8 Å². The molecule has 3 rings (SSSR count). The highest BCUT2D eigenvalue weighted by molar-refractivity contribution is 7.99. The minimum Gasteiger partial charge on any atom is -0.495 e. The van der Waals surface area contributed by atoms with Crippen molar-refractivity contribution in [3.05, 3.63) is 58.9 Å². The van der Waals surface area contributed by atoms with Gasteiger partial charge in [-0.05, 0) is 31.0 Å². The molecule has 1 N–H and O–H groups in total. The minimum atomic E-state index is -0.187. The summed E-state index contributed by atoms with van der Waals surface area (Å²) in [6.45, 7) is 4.15. The fourth-order valence-corrected chi connectivity index (χ4v) is 3.85. The molecule has 3 aromatic rings. The Morgan fingerprint density at radius 2 is 1.97 bits per heavy atom. The topological polar surface area (TPSA) is 65.4 Å². The zero-order valence-corrected chi connectivity index (χ0v) is 18.2. The van der Waals surface area contributed by atoms with Gasteiger partial charge in [-0.3, -0.25) is 9.36 Å². The van der Waals surface area contributed by atoms with Crippen LogP contribution in [0.4, 0.5) is 5.69 Å². The monoisotopic (exact) mass is 431 g/mol. The van der Waals surface area contributed by atoms with Gasteiger partial charge in [0, 0.05) is 24.5 Å². The summed E-state index contributed by atoms with van der Waals surface area (Å²) in [6.07, 6.45) is 3.63. The number of hydrogen-bond acceptors (Lipinski definition) is 5. The van der Waals surface area contributed by atoms with E-state index in [-0.39, 0.29) is 11.7 Å². The summed E-state index contributed by atoms with van der Waals surface area (Å²) >= 11 is 7.47. The molecule has 1 aromatic heterocycles. The maximum atomic E-state index is 12.5. The first-order valence-corrected chi connectivity index (χ1v) is 10.2. The van der Waals surface area contributed by atoms with Crippen LogP contribution in [0.25, 0.3) is 5.69 Å². The number of ether oxygens (including phenoxy) is 2. The number of amides is 1. The number of aromatic nitrogens is 2. The Morgan fingerprint density at radius 1 is 1.21 bits per heavy atom. The molecule has 0 saturated heterocycles. The lowest BCUT2D eigenvalue weighted by Crippen LogP contribution is -2.15. The number of rotatable bonds is 7. The summed E-state index contributed by atoms with van der Waals surface area (Å²) in [5.41, 5.74) is 3.93. The SMILES string of the molecule is COc1cc(NC(=O)CSc2nccn2-c2cccc(C)c2C)c(OC)cc1Cl. The molecule has 0 saturated carbocycles. The third kappa shape index (κ3) is 4.68. The van der Waals surface area contributed by atoms with E-state index in [1.54, 1.807) is 18.3 Å². The van der Waals surface area contributed by atoms with Crippen LogP contribution in [0.2, 0.25) is 5.02 Å². The summed E-state index contributed by atoms with van der Waals surface area (Å²) in [4.78, 5) is 16.9. The molecule has 0 radical (unpaired) electrons. The third-order valence-electron chi connectivity index (χ3n) is 4.52. The summed E-state index contributed by atoms with van der Waals surface area (Å²) in [6, 6.07) is 9.37. The molecule has 0 aliphatic heterocycles. The molecule has 0 spiro atoms. The highest BCUT2D eigenvalue weighted by Gasteiger charge is 2.15. The van der Waals surface area contributed by atoms with Gasteiger partial charge in [-0.25, -0.2) is 4.98 Å². The molecule has 0 fully saturated rings. The van der Waals surface area contributed by atoms with E-state index in [1.165, 1.54) is 37.1 Å². The van der Waals surface area contributed by atoms with Crippen molar-refractivity contribution in [2.45, 2.75) is 19.0 Å². The van der Waals surface area contributed by atoms with Crippen molar-refractivity contribution < 1.29 is 14.3 Å². The highest BCUT2D eigenvalue weighted by atomic mass is 35.5. The first-order chi connectivity index (χ1) is 13.9. The molecule has 152 valence electrons. The molecule has 0 aliphatic carbocycles. The van der Waals surface area contributed by atoms with Crippen molar-refractivity contribution in [2.75, 3.05) is 25.3 Å². The summed E-state index contributed by atoms with van der Waals surface area (Å²) in [7, 11) is 3.03. The number of benzene rings is 2. The van der Waals surface area contributed by atoms with Crippen molar-refractivity contribution in [3.8, 4) is 17.2 Å². The maximum absolute atomic E-state index is 12.5. The zero-order valence-electron chi connectivity index (χ0n) is 16.7. The van der Waals surface area contributed by atoms with Crippen molar-refractivity contribution >= 4 is 35.0 Å². The smallest absolute Gasteiger partial charge is 0.234 e. The Morgan fingerprint density at radius 3 is 2.69 bits per heavy atom. The van der Waals surface area contributed by atoms with Gasteiger partial charge in [-0.2, -0.15) is 0 Å². The fourth-order valence-electron chi connectivity index (χ4n) is 2.85. The first kappa shape index (κ1) is 21.1. The number of halogens is 1. The van der Waals surface area contributed by atoms with E-state index < -0.39 is 0 Å². The van der Waals surface area contributed by atoms with Gasteiger partial charge in [-0.15, -0.1) is 0 Å². The first-order valence-electron chi connectivity index (χ1n) is 8.88. The fraction of sp³-hybridized carbons (Fsp3) is 0.238. The lowest BCUT2D eigenvalue weighted by molar-refractivity contribution is -0.113. The van der Waals surface area contributed by atoms with E-state index in [0.29, 0.717) is 22.2 Å². The van der Waals surface area contributed by atoms with Crippen LogP contribution in [0, 0.1) is 13.8 Å². The summed E-state index contributed by atoms with van der Waals surface area (Å²) in [5, 5.41) is 4.00. The van der Waals surface area contributed by atoms with Crippen molar-refractivity contribution in [1.82, 2.24) is 9.55 Å². The molecule has 6 nitrogen and oxygen atoms in total. The van der Waals surface area contributed by atoms with Crippen molar-refractivity contribution in [1.29, 1.82) is 0 Å². The molecule has 29 heavy (non-hydrogen) atoms. The number of aryl methyl sites for hydroxylation is 1. The highest BCUT2D eigenvalue weighted by Crippen LogP contribution is 2.36. The number of imidazole rings is 1. The maximum Gasteiger partial charge on any atom is 0.234 e. The van der Waals surface area contributed by atoms with Crippen LogP contribution in [-0.2, 0) is 4.79 Å². The van der Waals surface area contributed by atoms with E-state index in [0.717, 1.165) is 10.8 Å². The molecule has 0 atom stereocenters. The average Bonchev–Trinajstić information content (AvgIpc) is 3.17. The van der Waals surface area contributed by atoms with E-state index in [2.05, 4.69) is 30.2 Å². The van der Waals surface area contributed by atoms with Crippen LogP contribution in [0.3, 0.4) is 0 Å². The van der Waals surface area contributed by atoms with Crippen LogP contribution in [0.5, 0.6) is 11.5 Å². The number of anilines is 1. The minimum absolute atomic E-state index is 0.187. The molecule has 2 aromatic carbocycles. The average molecular weight is 432 g/mol. The quantitative estimate of drug-likeness (QED) is 0.539. The van der Waals surface area contributed by atoms with Crippen molar-refractivity contribution in [2.24, 2.45) is 0 Å². The van der Waals surface area contributed by atoms with Crippen LogP contribution in [0.15, 0.2) is 47.9 Å². The molecule has 0 unspecified atom stereocenters. The predicted molar refractivity (Wildman–Crippen MR) is 117 cm³/mol. The predicted octanol–water partition coefficient (Wildman–Crippen LogP) is 4.89. The largest absolute Gasteiger partial charge is 0.495 e. The van der Waals surface area contributed by atoms with Crippen LogP contribution in [-0.4, -0.2) is 35.4 Å². The van der Waals surface area contributed by atoms with Crippen molar-refractivity contribution in [3.63, 3.8) is 0 Å². The Balaban J connectivity index is 1.73. The van der Waals surface area contributed by atoms with E-state index in [1.807, 2.05) is 22.9 Å². The normalized spacial score (nSPS) is 10.7. The van der Waals surface area contributed by atoms with Gasteiger partial charge in [0.15, 0.2) is 5.16 Å². The number of thioether (sulfide) groups is 1. The van der Waals surface area contributed by atoms with E-state index in [4.69, 9.17) is 21.1 Å². The number of methoxy groups -OCH3 is 2. The van der Waals surface area contributed by atoms with Gasteiger partial charge in [0.25, 0.3) is 0 Å². The Labute approximate surface area is 179 Å². The number of nitrogens with one attached hydrogen (secondary N) is 1. The second-order valence-corrected chi connectivity index (χ2v) is 7.67. The van der Waals surface area contributed by atoms with Gasteiger partial charge in [0.05, 0.1) is 36.4 Å². The number of nitrogens with zero attached hydrogens (tertiary/aromatic N) is 2. The summed E-state index contributed by atoms with van der Waals surface area (Å²) in [5.74, 6) is 0.927. The molecule has 1 amide bonds. The van der Waals surface area contributed by atoms with Gasteiger partial charge in [0.2, 0.25) is 5.91 Å². The molecule has 0 aliphatic rings. The molecule has 8 heteroatoms. The lowest BCUT2D eigenvalue weighted by Gasteiger charge is -2.14. The number of carbonyl (C=O) groups excluding carboxylic acids is 1. The van der Waals surface area contributed by atoms with E-state index in [9.17, 15) is 4.79 Å². The molecule has 1 heterocycles. The molecule has 0 bridgehead atoms. The Kier molecular flexibility index (Phi) is 6.71. The number of carbonyl (C=O) groups is 1. The Bertz CT molecular complexity index is 1040. The lowest BCUT2D eigenvalue weighted by atomic mass is 10.1. The van der Waals surface area contributed by atoms with Crippen LogP contribution < -0.4 is 14.8 Å².